The van der Waals surface area contributed by atoms with Gasteiger partial charge < -0.3 is 4.52 Å². The summed E-state index contributed by atoms with van der Waals surface area (Å²) in [5, 5.41) is 0. The monoisotopic (exact) mass is 255 g/mol. The fraction of sp³-hybridized carbons (Fsp3) is 0.250. The third-order valence-corrected chi connectivity index (χ3v) is 2.34. The van der Waals surface area contributed by atoms with E-state index in [1.807, 2.05) is 0 Å². The lowest BCUT2D eigenvalue weighted by atomic mass is 10.3. The van der Waals surface area contributed by atoms with E-state index in [1.54, 1.807) is 18.2 Å². The Balaban J connectivity index is 2.56. The Kier molecular flexibility index (Phi) is 3.96. The van der Waals surface area contributed by atoms with Gasteiger partial charge in [-0.15, -0.1) is 0 Å². The summed E-state index contributed by atoms with van der Waals surface area (Å²) < 4.78 is 55.2. The van der Waals surface area contributed by atoms with E-state index in [0.717, 1.165) is 0 Å². The first-order valence-electron chi connectivity index (χ1n) is 4.13. The molecule has 0 heterocycles. The van der Waals surface area contributed by atoms with E-state index in [-0.39, 0.29) is 5.75 Å². The van der Waals surface area contributed by atoms with E-state index in [9.17, 15) is 17.7 Å². The van der Waals surface area contributed by atoms with Crippen LogP contribution in [0.5, 0.6) is 5.75 Å². The van der Waals surface area contributed by atoms with Crippen molar-refractivity contribution >= 4 is 7.75 Å². The topological polar surface area (TPSA) is 61.6 Å². The Morgan fingerprint density at radius 3 is 2.31 bits per heavy atom. The zero-order chi connectivity index (χ0) is 12.2. The first-order chi connectivity index (χ1) is 7.29. The Morgan fingerprint density at radius 2 is 1.81 bits per heavy atom. The standard InChI is InChI=1S/C8H9F3NO3P/c9-8(10,11)6-14-16(12,13)15-7-4-2-1-3-5-7/h1-5H,6H2,(H2,12,13)/t16-/m1/s1. The average Bonchev–Trinajstić information content (AvgIpc) is 2.15. The summed E-state index contributed by atoms with van der Waals surface area (Å²) in [4.78, 5) is 0. The summed E-state index contributed by atoms with van der Waals surface area (Å²) in [7, 11) is -4.23. The number of hydrogen-bond acceptors (Lipinski definition) is 3. The molecule has 4 nitrogen and oxygen atoms in total. The largest absolute Gasteiger partial charge is 0.456 e. The van der Waals surface area contributed by atoms with Gasteiger partial charge in [-0.2, -0.15) is 13.2 Å². The van der Waals surface area contributed by atoms with Crippen LogP contribution in [0.3, 0.4) is 0 Å². The van der Waals surface area contributed by atoms with Crippen LogP contribution < -0.4 is 10.0 Å². The molecule has 0 radical (unpaired) electrons. The molecule has 0 saturated carbocycles. The highest BCUT2D eigenvalue weighted by Crippen LogP contribution is 2.41. The van der Waals surface area contributed by atoms with Gasteiger partial charge in [-0.1, -0.05) is 18.2 Å². The van der Waals surface area contributed by atoms with Crippen molar-refractivity contribution in [1.82, 2.24) is 0 Å². The van der Waals surface area contributed by atoms with Gasteiger partial charge in [-0.25, -0.2) is 10.1 Å². The van der Waals surface area contributed by atoms with Crippen molar-refractivity contribution in [2.45, 2.75) is 6.18 Å². The van der Waals surface area contributed by atoms with Crippen molar-refractivity contribution in [1.29, 1.82) is 0 Å². The van der Waals surface area contributed by atoms with Crippen LogP contribution in [0.2, 0.25) is 0 Å². The lowest BCUT2D eigenvalue weighted by molar-refractivity contribution is -0.154. The minimum absolute atomic E-state index is 0.0792. The van der Waals surface area contributed by atoms with Crippen LogP contribution in [-0.2, 0) is 9.09 Å². The summed E-state index contributed by atoms with van der Waals surface area (Å²) in [6, 6.07) is 7.57. The lowest BCUT2D eigenvalue weighted by Gasteiger charge is -2.15. The van der Waals surface area contributed by atoms with Gasteiger partial charge in [0, 0.05) is 0 Å². The molecule has 2 N–H and O–H groups in total. The van der Waals surface area contributed by atoms with Crippen LogP contribution in [-0.4, -0.2) is 12.8 Å². The van der Waals surface area contributed by atoms with Gasteiger partial charge in [0.2, 0.25) is 0 Å². The molecule has 0 amide bonds. The number of benzene rings is 1. The number of halogens is 3. The van der Waals surface area contributed by atoms with Crippen LogP contribution in [0, 0.1) is 0 Å². The molecule has 0 bridgehead atoms. The molecular weight excluding hydrogens is 246 g/mol. The molecule has 0 aromatic heterocycles. The average molecular weight is 255 g/mol. The number of nitrogens with two attached hydrogens (primary N) is 1. The Hall–Kier alpha value is -1.04. The third kappa shape index (κ3) is 5.16. The van der Waals surface area contributed by atoms with Crippen LogP contribution in [0.15, 0.2) is 30.3 Å². The lowest BCUT2D eigenvalue weighted by Crippen LogP contribution is -2.19. The number of para-hydroxylation sites is 1. The molecule has 1 atom stereocenters. The molecule has 0 spiro atoms. The van der Waals surface area contributed by atoms with Crippen molar-refractivity contribution in [2.24, 2.45) is 5.50 Å². The Morgan fingerprint density at radius 1 is 1.25 bits per heavy atom. The van der Waals surface area contributed by atoms with Crippen molar-refractivity contribution in [3.63, 3.8) is 0 Å². The van der Waals surface area contributed by atoms with Crippen molar-refractivity contribution in [3.8, 4) is 5.75 Å². The van der Waals surface area contributed by atoms with Gasteiger partial charge in [0.15, 0.2) is 6.61 Å². The maximum atomic E-state index is 11.8. The highest BCUT2D eigenvalue weighted by Gasteiger charge is 2.33. The molecule has 0 aliphatic heterocycles. The van der Waals surface area contributed by atoms with Crippen molar-refractivity contribution in [3.05, 3.63) is 30.3 Å². The quantitative estimate of drug-likeness (QED) is 0.840. The molecule has 1 rings (SSSR count). The molecule has 0 saturated heterocycles. The van der Waals surface area contributed by atoms with Gasteiger partial charge in [0.05, 0.1) is 0 Å². The van der Waals surface area contributed by atoms with E-state index in [0.29, 0.717) is 0 Å². The molecular formula is C8H9F3NO3P. The Bertz CT molecular complexity index is 382. The van der Waals surface area contributed by atoms with E-state index < -0.39 is 20.5 Å². The van der Waals surface area contributed by atoms with Crippen LogP contribution in [0.1, 0.15) is 0 Å². The van der Waals surface area contributed by atoms with E-state index in [2.05, 4.69) is 9.05 Å². The first-order valence-corrected chi connectivity index (χ1v) is 5.74. The number of rotatable bonds is 4. The number of hydrogen-bond donors (Lipinski definition) is 1. The fourth-order valence-electron chi connectivity index (χ4n) is 0.818. The smallest absolute Gasteiger partial charge is 0.413 e. The first kappa shape index (κ1) is 13.0. The molecule has 8 heteroatoms. The Labute approximate surface area is 89.7 Å². The normalized spacial score (nSPS) is 15.5. The second-order valence-electron chi connectivity index (χ2n) is 2.83. The molecule has 1 aromatic rings. The summed E-state index contributed by atoms with van der Waals surface area (Å²) in [5.74, 6) is 0.0792. The summed E-state index contributed by atoms with van der Waals surface area (Å²) in [6.07, 6.45) is -4.60. The molecule has 90 valence electrons. The zero-order valence-electron chi connectivity index (χ0n) is 7.98. The second-order valence-corrected chi connectivity index (χ2v) is 4.35. The number of alkyl halides is 3. The predicted octanol–water partition coefficient (Wildman–Crippen LogP) is 2.71. The SMILES string of the molecule is N[P@@](=O)(OCC(F)(F)F)Oc1ccccc1. The third-order valence-electron chi connectivity index (χ3n) is 1.38. The highest BCUT2D eigenvalue weighted by molar-refractivity contribution is 7.51. The van der Waals surface area contributed by atoms with Gasteiger partial charge in [-0.3, -0.25) is 4.52 Å². The second kappa shape index (κ2) is 4.86. The minimum Gasteiger partial charge on any atom is -0.413 e. The molecule has 1 aromatic carbocycles. The summed E-state index contributed by atoms with van der Waals surface area (Å²) in [5.41, 5.74) is 4.97. The highest BCUT2D eigenvalue weighted by atomic mass is 31.2. The van der Waals surface area contributed by atoms with Crippen LogP contribution in [0.4, 0.5) is 13.2 Å². The zero-order valence-corrected chi connectivity index (χ0v) is 8.87. The fourth-order valence-corrected chi connectivity index (χ4v) is 1.61. The van der Waals surface area contributed by atoms with Gasteiger partial charge in [0.25, 0.3) is 0 Å². The van der Waals surface area contributed by atoms with Gasteiger partial charge >= 0.3 is 13.9 Å². The molecule has 0 aliphatic rings. The van der Waals surface area contributed by atoms with Crippen molar-refractivity contribution < 1.29 is 26.8 Å². The van der Waals surface area contributed by atoms with E-state index in [4.69, 9.17) is 5.50 Å². The van der Waals surface area contributed by atoms with Gasteiger partial charge in [0.1, 0.15) is 5.75 Å². The summed E-state index contributed by atoms with van der Waals surface area (Å²) >= 11 is 0. The molecule has 16 heavy (non-hydrogen) atoms. The van der Waals surface area contributed by atoms with Gasteiger partial charge in [-0.05, 0) is 12.1 Å². The maximum Gasteiger partial charge on any atom is 0.456 e. The van der Waals surface area contributed by atoms with Crippen LogP contribution >= 0.6 is 7.75 Å². The van der Waals surface area contributed by atoms with E-state index >= 15 is 0 Å². The maximum absolute atomic E-state index is 11.8. The minimum atomic E-state index is -4.60. The molecule has 0 aliphatic carbocycles. The predicted molar refractivity (Wildman–Crippen MR) is 50.9 cm³/mol. The van der Waals surface area contributed by atoms with E-state index in [1.165, 1.54) is 12.1 Å². The molecule has 0 fully saturated rings. The van der Waals surface area contributed by atoms with Crippen molar-refractivity contribution in [2.75, 3.05) is 6.61 Å². The molecule has 0 unspecified atom stereocenters. The summed E-state index contributed by atoms with van der Waals surface area (Å²) in [6.45, 7) is -1.71. The van der Waals surface area contributed by atoms with Crippen LogP contribution in [0.25, 0.3) is 0 Å².